The third-order valence-corrected chi connectivity index (χ3v) is 5.06. The minimum Gasteiger partial charge on any atom is -0.497 e. The van der Waals surface area contributed by atoms with E-state index in [9.17, 15) is 4.79 Å². The molecule has 0 bridgehead atoms. The predicted molar refractivity (Wildman–Crippen MR) is 99.1 cm³/mol. The summed E-state index contributed by atoms with van der Waals surface area (Å²) in [7, 11) is 1.70. The zero-order valence-corrected chi connectivity index (χ0v) is 15.2. The second kappa shape index (κ2) is 8.39. The number of carbonyl (C=O) groups excluding carboxylic acids is 1. The van der Waals surface area contributed by atoms with Gasteiger partial charge in [0, 0.05) is 17.1 Å². The molecule has 3 rings (SSSR count). The molecule has 0 unspecified atom stereocenters. The van der Waals surface area contributed by atoms with Crippen molar-refractivity contribution in [2.75, 3.05) is 33.4 Å². The average molecular weight is 344 g/mol. The fourth-order valence-corrected chi connectivity index (χ4v) is 3.55. The molecule has 0 amide bonds. The minimum absolute atomic E-state index is 0.0938. The molecule has 0 spiro atoms. The summed E-state index contributed by atoms with van der Waals surface area (Å²) in [6, 6.07) is 6.16. The monoisotopic (exact) mass is 344 g/mol. The maximum atomic E-state index is 11.9. The highest BCUT2D eigenvalue weighted by Gasteiger charge is 2.24. The highest BCUT2D eigenvalue weighted by Crippen LogP contribution is 2.34. The van der Waals surface area contributed by atoms with Gasteiger partial charge in [0.15, 0.2) is 0 Å². The van der Waals surface area contributed by atoms with Gasteiger partial charge in [-0.1, -0.05) is 13.3 Å². The number of hydrogen-bond donors (Lipinski definition) is 1. The van der Waals surface area contributed by atoms with Crippen molar-refractivity contribution in [2.45, 2.75) is 38.5 Å². The van der Waals surface area contributed by atoms with Gasteiger partial charge in [-0.25, -0.2) is 0 Å². The van der Waals surface area contributed by atoms with E-state index in [0.717, 1.165) is 50.0 Å². The number of unbranched alkanes of at least 4 members (excludes halogenated alkanes) is 1. The molecule has 2 aromatic rings. The van der Waals surface area contributed by atoms with Crippen LogP contribution in [0.25, 0.3) is 10.9 Å². The highest BCUT2D eigenvalue weighted by molar-refractivity contribution is 5.85. The summed E-state index contributed by atoms with van der Waals surface area (Å²) >= 11 is 0. The topological polar surface area (TPSA) is 54.6 Å². The van der Waals surface area contributed by atoms with Crippen LogP contribution in [-0.4, -0.2) is 49.2 Å². The van der Waals surface area contributed by atoms with E-state index in [1.165, 1.54) is 10.9 Å². The van der Waals surface area contributed by atoms with Crippen molar-refractivity contribution in [3.63, 3.8) is 0 Å². The molecule has 0 radical (unpaired) electrons. The number of likely N-dealkylation sites (tertiary alicyclic amines) is 1. The number of fused-ring (bicyclic) bond motifs is 1. The second-order valence-electron chi connectivity index (χ2n) is 6.78. The van der Waals surface area contributed by atoms with E-state index in [4.69, 9.17) is 9.47 Å². The summed E-state index contributed by atoms with van der Waals surface area (Å²) in [5.74, 6) is 1.32. The zero-order chi connectivity index (χ0) is 17.6. The standard InChI is InChI=1S/C20H28N2O3/c1-3-4-11-25-20(23)14-22-9-7-15(8-10-22)18-13-21-19-6-5-16(24-2)12-17(18)19/h5-6,12-13,15,21H,3-4,7-11,14H2,1-2H3. The van der Waals surface area contributed by atoms with Crippen molar-refractivity contribution in [2.24, 2.45) is 0 Å². The predicted octanol–water partition coefficient (Wildman–Crippen LogP) is 3.70. The number of benzene rings is 1. The Balaban J connectivity index is 1.56. The maximum absolute atomic E-state index is 11.9. The van der Waals surface area contributed by atoms with Gasteiger partial charge >= 0.3 is 5.97 Å². The molecule has 1 aromatic carbocycles. The molecule has 136 valence electrons. The van der Waals surface area contributed by atoms with E-state index in [1.807, 2.05) is 6.07 Å². The molecule has 1 fully saturated rings. The molecular formula is C20H28N2O3. The third-order valence-electron chi connectivity index (χ3n) is 5.06. The Labute approximate surface area is 149 Å². The van der Waals surface area contributed by atoms with E-state index < -0.39 is 0 Å². The number of carbonyl (C=O) groups is 1. The van der Waals surface area contributed by atoms with E-state index in [-0.39, 0.29) is 5.97 Å². The number of H-pyrrole nitrogens is 1. The van der Waals surface area contributed by atoms with Crippen LogP contribution in [0.1, 0.15) is 44.1 Å². The van der Waals surface area contributed by atoms with Crippen molar-refractivity contribution in [3.8, 4) is 5.75 Å². The Morgan fingerprint density at radius 3 is 2.84 bits per heavy atom. The molecule has 1 N–H and O–H groups in total. The Hall–Kier alpha value is -2.01. The quantitative estimate of drug-likeness (QED) is 0.615. The minimum atomic E-state index is -0.0938. The first kappa shape index (κ1) is 17.8. The number of hydrogen-bond acceptors (Lipinski definition) is 4. The van der Waals surface area contributed by atoms with Gasteiger partial charge in [-0.2, -0.15) is 0 Å². The molecule has 0 saturated carbocycles. The lowest BCUT2D eigenvalue weighted by atomic mass is 9.89. The lowest BCUT2D eigenvalue weighted by molar-refractivity contribution is -0.145. The summed E-state index contributed by atoms with van der Waals surface area (Å²) in [6.45, 7) is 4.92. The summed E-state index contributed by atoms with van der Waals surface area (Å²) in [5, 5.41) is 1.25. The normalized spacial score (nSPS) is 16.2. The molecule has 1 aliphatic heterocycles. The van der Waals surface area contributed by atoms with Crippen LogP contribution in [0.4, 0.5) is 0 Å². The van der Waals surface area contributed by atoms with Crippen LogP contribution < -0.4 is 4.74 Å². The lowest BCUT2D eigenvalue weighted by Crippen LogP contribution is -2.37. The maximum Gasteiger partial charge on any atom is 0.320 e. The third kappa shape index (κ3) is 4.34. The number of aromatic nitrogens is 1. The van der Waals surface area contributed by atoms with Gasteiger partial charge in [0.25, 0.3) is 0 Å². The van der Waals surface area contributed by atoms with Gasteiger partial charge in [0.2, 0.25) is 0 Å². The van der Waals surface area contributed by atoms with Crippen LogP contribution in [0.15, 0.2) is 24.4 Å². The zero-order valence-electron chi connectivity index (χ0n) is 15.2. The number of methoxy groups -OCH3 is 1. The molecule has 5 heteroatoms. The van der Waals surface area contributed by atoms with Gasteiger partial charge in [0.1, 0.15) is 5.75 Å². The average Bonchev–Trinajstić information content (AvgIpc) is 3.05. The fourth-order valence-electron chi connectivity index (χ4n) is 3.55. The molecule has 1 aliphatic rings. The van der Waals surface area contributed by atoms with Crippen LogP contribution in [0.2, 0.25) is 0 Å². The number of rotatable bonds is 7. The Morgan fingerprint density at radius 1 is 1.32 bits per heavy atom. The molecule has 25 heavy (non-hydrogen) atoms. The van der Waals surface area contributed by atoms with Gasteiger partial charge in [-0.05, 0) is 62.0 Å². The largest absolute Gasteiger partial charge is 0.497 e. The first-order valence-electron chi connectivity index (χ1n) is 9.24. The van der Waals surface area contributed by atoms with Gasteiger partial charge in [-0.3, -0.25) is 9.69 Å². The van der Waals surface area contributed by atoms with Crippen molar-refractivity contribution in [3.05, 3.63) is 30.0 Å². The van der Waals surface area contributed by atoms with Crippen LogP contribution in [0.5, 0.6) is 5.75 Å². The SMILES string of the molecule is CCCCOC(=O)CN1CCC(c2c[nH]c3ccc(OC)cc23)CC1. The smallest absolute Gasteiger partial charge is 0.320 e. The summed E-state index contributed by atoms with van der Waals surface area (Å²) in [4.78, 5) is 17.4. The number of ether oxygens (including phenoxy) is 2. The molecule has 0 aliphatic carbocycles. The molecule has 2 heterocycles. The number of esters is 1. The van der Waals surface area contributed by atoms with Crippen LogP contribution >= 0.6 is 0 Å². The molecule has 1 saturated heterocycles. The first-order chi connectivity index (χ1) is 12.2. The van der Waals surface area contributed by atoms with Crippen LogP contribution in [0.3, 0.4) is 0 Å². The van der Waals surface area contributed by atoms with Crippen LogP contribution in [0, 0.1) is 0 Å². The number of nitrogens with one attached hydrogen (secondary N) is 1. The van der Waals surface area contributed by atoms with Crippen LogP contribution in [-0.2, 0) is 9.53 Å². The highest BCUT2D eigenvalue weighted by atomic mass is 16.5. The van der Waals surface area contributed by atoms with E-state index >= 15 is 0 Å². The van der Waals surface area contributed by atoms with Gasteiger partial charge in [0.05, 0.1) is 20.3 Å². The van der Waals surface area contributed by atoms with E-state index in [2.05, 4.69) is 35.1 Å². The van der Waals surface area contributed by atoms with Crippen molar-refractivity contribution in [1.82, 2.24) is 9.88 Å². The number of nitrogens with zero attached hydrogens (tertiary/aromatic N) is 1. The molecule has 1 aromatic heterocycles. The second-order valence-corrected chi connectivity index (χ2v) is 6.78. The Kier molecular flexibility index (Phi) is 5.97. The molecule has 0 atom stereocenters. The van der Waals surface area contributed by atoms with E-state index in [1.54, 1.807) is 7.11 Å². The van der Waals surface area contributed by atoms with Crippen molar-refractivity contribution < 1.29 is 14.3 Å². The fraction of sp³-hybridized carbons (Fsp3) is 0.550. The summed E-state index contributed by atoms with van der Waals surface area (Å²) in [5.41, 5.74) is 2.51. The number of aromatic amines is 1. The molecule has 5 nitrogen and oxygen atoms in total. The Bertz CT molecular complexity index is 702. The summed E-state index contributed by atoms with van der Waals surface area (Å²) < 4.78 is 10.6. The van der Waals surface area contributed by atoms with Gasteiger partial charge < -0.3 is 14.5 Å². The summed E-state index contributed by atoms with van der Waals surface area (Å²) in [6.07, 6.45) is 6.24. The van der Waals surface area contributed by atoms with Gasteiger partial charge in [-0.15, -0.1) is 0 Å². The molecular weight excluding hydrogens is 316 g/mol. The first-order valence-corrected chi connectivity index (χ1v) is 9.24. The number of piperidine rings is 1. The van der Waals surface area contributed by atoms with E-state index in [0.29, 0.717) is 19.1 Å². The van der Waals surface area contributed by atoms with Crippen molar-refractivity contribution in [1.29, 1.82) is 0 Å². The lowest BCUT2D eigenvalue weighted by Gasteiger charge is -2.31. The Morgan fingerprint density at radius 2 is 2.12 bits per heavy atom. The van der Waals surface area contributed by atoms with Crippen molar-refractivity contribution >= 4 is 16.9 Å².